The van der Waals surface area contributed by atoms with Gasteiger partial charge in [-0.05, 0) is 51.3 Å². The molecule has 1 aromatic carbocycles. The van der Waals surface area contributed by atoms with E-state index in [1.807, 2.05) is 0 Å². The number of aromatic nitrogens is 4. The molecule has 1 fully saturated rings. The summed E-state index contributed by atoms with van der Waals surface area (Å²) < 4.78 is 43.7. The lowest BCUT2D eigenvalue weighted by atomic mass is 10.2. The lowest BCUT2D eigenvalue weighted by Gasteiger charge is -2.17. The van der Waals surface area contributed by atoms with Crippen molar-refractivity contribution in [2.75, 3.05) is 16.8 Å². The van der Waals surface area contributed by atoms with Gasteiger partial charge in [0.25, 0.3) is 5.91 Å². The maximum atomic E-state index is 14.1. The number of anilines is 2. The predicted molar refractivity (Wildman–Crippen MR) is 132 cm³/mol. The third-order valence-electron chi connectivity index (χ3n) is 6.03. The van der Waals surface area contributed by atoms with Crippen molar-refractivity contribution in [3.8, 4) is 5.75 Å². The van der Waals surface area contributed by atoms with Crippen LogP contribution in [0, 0.1) is 19.7 Å². The van der Waals surface area contributed by atoms with Gasteiger partial charge in [-0.3, -0.25) is 4.79 Å². The van der Waals surface area contributed by atoms with Crippen molar-refractivity contribution in [2.24, 2.45) is 4.36 Å². The zero-order valence-electron chi connectivity index (χ0n) is 20.0. The molecule has 10 nitrogen and oxygen atoms in total. The highest BCUT2D eigenvalue weighted by Gasteiger charge is 2.23. The highest BCUT2D eigenvalue weighted by Crippen LogP contribution is 2.34. The Morgan fingerprint density at radius 1 is 1.28 bits per heavy atom. The summed E-state index contributed by atoms with van der Waals surface area (Å²) in [5.74, 6) is 1.00. The summed E-state index contributed by atoms with van der Waals surface area (Å²) in [5, 5.41) is 11.2. The molecular formula is C24H25FN6O4S. The summed E-state index contributed by atoms with van der Waals surface area (Å²) in [6.45, 7) is 5.32. The first kappa shape index (κ1) is 23.9. The van der Waals surface area contributed by atoms with Gasteiger partial charge in [0.05, 0.1) is 26.7 Å². The minimum Gasteiger partial charge on any atom is -0.480 e. The molecule has 1 N–H and O–H groups in total. The summed E-state index contributed by atoms with van der Waals surface area (Å²) in [5.41, 5.74) is 2.58. The van der Waals surface area contributed by atoms with Crippen molar-refractivity contribution in [3.63, 3.8) is 0 Å². The van der Waals surface area contributed by atoms with Crippen molar-refractivity contribution in [3.05, 3.63) is 65.2 Å². The molecule has 0 radical (unpaired) electrons. The molecule has 12 heteroatoms. The molecule has 5 rings (SSSR count). The lowest BCUT2D eigenvalue weighted by molar-refractivity contribution is 0.100. The van der Waals surface area contributed by atoms with Crippen LogP contribution in [-0.2, 0) is 9.73 Å². The number of fused-ring (bicyclic) bond motifs is 1. The molecule has 0 bridgehead atoms. The average Bonchev–Trinajstić information content (AvgIpc) is 3.55. The molecule has 0 unspecified atom stereocenters. The summed E-state index contributed by atoms with van der Waals surface area (Å²) >= 11 is 0. The number of aryl methyl sites for hydroxylation is 2. The first-order valence-electron chi connectivity index (χ1n) is 11.5. The van der Waals surface area contributed by atoms with E-state index in [1.54, 1.807) is 33.0 Å². The van der Waals surface area contributed by atoms with Gasteiger partial charge in [-0.25, -0.2) is 18.1 Å². The Kier molecular flexibility index (Phi) is 6.20. The van der Waals surface area contributed by atoms with E-state index in [1.165, 1.54) is 29.0 Å². The largest absolute Gasteiger partial charge is 0.480 e. The summed E-state index contributed by atoms with van der Waals surface area (Å²) in [4.78, 5) is 17.2. The third kappa shape index (κ3) is 4.68. The second kappa shape index (κ2) is 9.34. The number of rotatable bonds is 6. The van der Waals surface area contributed by atoms with E-state index in [0.717, 1.165) is 12.8 Å². The van der Waals surface area contributed by atoms with E-state index < -0.39 is 27.6 Å². The highest BCUT2D eigenvalue weighted by atomic mass is 32.2. The zero-order chi connectivity index (χ0) is 25.4. The number of hydrogen-bond acceptors (Lipinski definition) is 8. The van der Waals surface area contributed by atoms with Crippen LogP contribution in [0.2, 0.25) is 0 Å². The van der Waals surface area contributed by atoms with Crippen LogP contribution in [0.4, 0.5) is 15.9 Å². The minimum absolute atomic E-state index is 0.238. The summed E-state index contributed by atoms with van der Waals surface area (Å²) in [6.07, 6.45) is 3.97. The first-order chi connectivity index (χ1) is 17.2. The molecule has 1 amide bonds. The molecule has 36 heavy (non-hydrogen) atoms. The lowest BCUT2D eigenvalue weighted by Crippen LogP contribution is -2.06. The average molecular weight is 513 g/mol. The molecule has 1 atom stereocenters. The van der Waals surface area contributed by atoms with Crippen molar-refractivity contribution >= 4 is 32.7 Å². The Bertz CT molecular complexity index is 1570. The van der Waals surface area contributed by atoms with Crippen molar-refractivity contribution in [1.82, 2.24) is 19.8 Å². The van der Waals surface area contributed by atoms with E-state index in [9.17, 15) is 13.4 Å². The number of halogens is 1. The normalized spacial score (nSPS) is 15.7. The zero-order valence-corrected chi connectivity index (χ0v) is 20.8. The molecule has 1 aliphatic heterocycles. The van der Waals surface area contributed by atoms with Crippen LogP contribution in [0.5, 0.6) is 5.75 Å². The summed E-state index contributed by atoms with van der Waals surface area (Å²) in [6, 6.07) is 5.84. The molecular weight excluding hydrogens is 487 g/mol. The smallest absolute Gasteiger partial charge is 0.287 e. The van der Waals surface area contributed by atoms with E-state index in [0.29, 0.717) is 51.1 Å². The monoisotopic (exact) mass is 512 g/mol. The van der Waals surface area contributed by atoms with Crippen LogP contribution < -0.4 is 10.1 Å². The Labute approximate surface area is 207 Å². The number of carbonyl (C=O) groups is 1. The maximum Gasteiger partial charge on any atom is 0.287 e. The topological polar surface area (TPSA) is 124 Å². The molecule has 0 saturated carbocycles. The predicted octanol–water partition coefficient (Wildman–Crippen LogP) is 4.76. The van der Waals surface area contributed by atoms with E-state index in [4.69, 9.17) is 9.26 Å². The molecule has 0 spiro atoms. The van der Waals surface area contributed by atoms with Crippen LogP contribution in [-0.4, -0.2) is 41.4 Å². The number of carbonyl (C=O) groups excluding carboxylic acids is 1. The fourth-order valence-corrected chi connectivity index (χ4v) is 6.26. The minimum atomic E-state index is -2.51. The van der Waals surface area contributed by atoms with Gasteiger partial charge in [-0.1, -0.05) is 5.16 Å². The number of nitrogens with zero attached hydrogens (tertiary/aromatic N) is 5. The molecule has 1 aliphatic rings. The number of ether oxygens (including phenoxy) is 1. The van der Waals surface area contributed by atoms with Gasteiger partial charge in [-0.15, -0.1) is 0 Å². The molecule has 3 aromatic heterocycles. The number of hydrogen-bond donors (Lipinski definition) is 1. The van der Waals surface area contributed by atoms with Gasteiger partial charge in [0, 0.05) is 29.8 Å². The molecule has 4 aromatic rings. The van der Waals surface area contributed by atoms with Gasteiger partial charge >= 0.3 is 0 Å². The molecule has 0 aliphatic carbocycles. The number of benzene rings is 1. The van der Waals surface area contributed by atoms with Crippen molar-refractivity contribution in [2.45, 2.75) is 39.7 Å². The fraction of sp³-hybridized carbons (Fsp3) is 0.333. The Hall–Kier alpha value is -3.80. The van der Waals surface area contributed by atoms with Gasteiger partial charge < -0.3 is 14.6 Å². The standard InChI is InChI=1S/C24H25FN6O4S/c1-14-10-20(35-29-14)16(3)34-21-11-17(25)6-7-19(21)28-23-22-15(2)18(12-31(22)27-13-26-23)24(32)30-36(33)8-4-5-9-36/h6-7,10-13,16H,4-5,8-9H2,1-3H3,(H,26,27,28)/t16-/m1/s1. The van der Waals surface area contributed by atoms with Crippen molar-refractivity contribution < 1.29 is 22.7 Å². The fourth-order valence-electron chi connectivity index (χ4n) is 4.16. The first-order valence-corrected chi connectivity index (χ1v) is 13.3. The third-order valence-corrected chi connectivity index (χ3v) is 8.38. The van der Waals surface area contributed by atoms with Crippen molar-refractivity contribution in [1.29, 1.82) is 0 Å². The Morgan fingerprint density at radius 2 is 2.06 bits per heavy atom. The summed E-state index contributed by atoms with van der Waals surface area (Å²) in [7, 11) is -2.51. The Morgan fingerprint density at radius 3 is 2.78 bits per heavy atom. The van der Waals surface area contributed by atoms with Crippen LogP contribution in [0.25, 0.3) is 5.52 Å². The van der Waals surface area contributed by atoms with Crippen LogP contribution in [0.15, 0.2) is 45.7 Å². The second-order valence-corrected chi connectivity index (χ2v) is 11.3. The number of amides is 1. The van der Waals surface area contributed by atoms with E-state index in [2.05, 4.69) is 24.9 Å². The van der Waals surface area contributed by atoms with Gasteiger partial charge in [0.1, 0.15) is 23.4 Å². The van der Waals surface area contributed by atoms with Crippen LogP contribution >= 0.6 is 0 Å². The SMILES string of the molecule is Cc1cc([C@@H](C)Oc2cc(F)ccc2Nc2ncnn3cc(C(=O)N=S4(=O)CCCC4)c(C)c23)on1. The van der Waals surface area contributed by atoms with Gasteiger partial charge in [0.15, 0.2) is 17.7 Å². The number of nitrogens with one attached hydrogen (secondary N) is 1. The van der Waals surface area contributed by atoms with Crippen LogP contribution in [0.1, 0.15) is 53.2 Å². The van der Waals surface area contributed by atoms with Crippen LogP contribution in [0.3, 0.4) is 0 Å². The second-order valence-electron chi connectivity index (χ2n) is 8.75. The Balaban J connectivity index is 1.49. The molecule has 188 valence electrons. The van der Waals surface area contributed by atoms with E-state index >= 15 is 0 Å². The molecule has 4 heterocycles. The van der Waals surface area contributed by atoms with E-state index in [-0.39, 0.29) is 5.75 Å². The molecule has 1 saturated heterocycles. The van der Waals surface area contributed by atoms with Gasteiger partial charge in [-0.2, -0.15) is 9.46 Å². The quantitative estimate of drug-likeness (QED) is 0.392. The van der Waals surface area contributed by atoms with Gasteiger partial charge in [0.2, 0.25) is 0 Å². The maximum absolute atomic E-state index is 14.1. The highest BCUT2D eigenvalue weighted by molar-refractivity contribution is 7.94.